The van der Waals surface area contributed by atoms with E-state index in [0.29, 0.717) is 5.88 Å². The molecule has 0 radical (unpaired) electrons. The van der Waals surface area contributed by atoms with Crippen LogP contribution in [0.15, 0.2) is 30.3 Å². The highest BCUT2D eigenvalue weighted by Crippen LogP contribution is 2.28. The molecule has 1 saturated carbocycles. The average molecular weight is 311 g/mol. The fourth-order valence-electron chi connectivity index (χ4n) is 2.92. The number of anilines is 1. The number of nitrogens with zero attached hydrogens (tertiary/aromatic N) is 2. The van der Waals surface area contributed by atoms with E-state index in [1.807, 2.05) is 31.2 Å². The number of nitrogens with one attached hydrogen (secondary N) is 1. The van der Waals surface area contributed by atoms with Crippen LogP contribution in [0.3, 0.4) is 0 Å². The molecule has 5 heteroatoms. The molecule has 1 aromatic heterocycles. The molecule has 1 N–H and O–H groups in total. The number of methoxy groups -OCH3 is 1. The van der Waals surface area contributed by atoms with Crippen molar-refractivity contribution in [3.05, 3.63) is 35.9 Å². The van der Waals surface area contributed by atoms with Crippen molar-refractivity contribution in [1.82, 2.24) is 10.2 Å². The zero-order valence-electron chi connectivity index (χ0n) is 13.5. The van der Waals surface area contributed by atoms with Crippen molar-refractivity contribution in [2.45, 2.75) is 32.6 Å². The molecule has 3 rings (SSSR count). The maximum Gasteiger partial charge on any atom is 0.233 e. The van der Waals surface area contributed by atoms with E-state index in [4.69, 9.17) is 4.74 Å². The van der Waals surface area contributed by atoms with Gasteiger partial charge in [-0.25, -0.2) is 0 Å². The van der Waals surface area contributed by atoms with Crippen LogP contribution >= 0.6 is 0 Å². The number of ether oxygens (including phenoxy) is 1. The van der Waals surface area contributed by atoms with E-state index < -0.39 is 0 Å². The highest BCUT2D eigenvalue weighted by Gasteiger charge is 2.23. The minimum absolute atomic E-state index is 0.128. The largest absolute Gasteiger partial charge is 0.480 e. The Labute approximate surface area is 136 Å². The quantitative estimate of drug-likeness (QED) is 0.937. The maximum absolute atomic E-state index is 12.3. The normalized spacial score (nSPS) is 14.7. The Morgan fingerprint density at radius 1 is 1.17 bits per heavy atom. The van der Waals surface area contributed by atoms with Crippen LogP contribution in [-0.2, 0) is 4.79 Å². The summed E-state index contributed by atoms with van der Waals surface area (Å²) in [7, 11) is 1.56. The van der Waals surface area contributed by atoms with Gasteiger partial charge in [0.05, 0.1) is 12.8 Å². The number of benzene rings is 1. The Morgan fingerprint density at radius 2 is 1.96 bits per heavy atom. The van der Waals surface area contributed by atoms with E-state index in [-0.39, 0.29) is 11.8 Å². The molecule has 0 bridgehead atoms. The Morgan fingerprint density at radius 3 is 2.61 bits per heavy atom. The van der Waals surface area contributed by atoms with E-state index in [2.05, 4.69) is 15.5 Å². The van der Waals surface area contributed by atoms with Gasteiger partial charge in [-0.3, -0.25) is 4.79 Å². The van der Waals surface area contributed by atoms with Crippen LogP contribution in [0.25, 0.3) is 11.3 Å². The van der Waals surface area contributed by atoms with Gasteiger partial charge in [0.2, 0.25) is 11.8 Å². The van der Waals surface area contributed by atoms with Crippen molar-refractivity contribution in [2.24, 2.45) is 5.92 Å². The van der Waals surface area contributed by atoms with Crippen molar-refractivity contribution in [2.75, 3.05) is 12.4 Å². The molecule has 0 unspecified atom stereocenters. The third kappa shape index (κ3) is 3.50. The fraction of sp³-hybridized carbons (Fsp3) is 0.389. The summed E-state index contributed by atoms with van der Waals surface area (Å²) < 4.78 is 5.03. The second kappa shape index (κ2) is 6.77. The van der Waals surface area contributed by atoms with Gasteiger partial charge in [0.25, 0.3) is 0 Å². The minimum atomic E-state index is 0.128. The third-order valence-electron chi connectivity index (χ3n) is 4.37. The van der Waals surface area contributed by atoms with Gasteiger partial charge in [-0.05, 0) is 37.5 Å². The number of carbonyl (C=O) groups excluding carboxylic acids is 1. The number of hydrogen-bond acceptors (Lipinski definition) is 4. The first-order valence-corrected chi connectivity index (χ1v) is 7.97. The van der Waals surface area contributed by atoms with Crippen LogP contribution in [0.2, 0.25) is 0 Å². The molecule has 1 aliphatic rings. The van der Waals surface area contributed by atoms with E-state index in [1.165, 1.54) is 0 Å². The predicted molar refractivity (Wildman–Crippen MR) is 89.3 cm³/mol. The predicted octanol–water partition coefficient (Wildman–Crippen LogP) is 3.59. The summed E-state index contributed by atoms with van der Waals surface area (Å²) >= 11 is 0. The average Bonchev–Trinajstić information content (AvgIpc) is 3.11. The van der Waals surface area contributed by atoms with Crippen LogP contribution in [0.4, 0.5) is 5.69 Å². The Balaban J connectivity index is 1.81. The van der Waals surface area contributed by atoms with E-state index in [0.717, 1.165) is 48.2 Å². The highest BCUT2D eigenvalue weighted by atomic mass is 16.5. The van der Waals surface area contributed by atoms with Gasteiger partial charge < -0.3 is 10.1 Å². The smallest absolute Gasteiger partial charge is 0.233 e. The topological polar surface area (TPSA) is 64.1 Å². The zero-order valence-corrected chi connectivity index (χ0v) is 13.5. The summed E-state index contributed by atoms with van der Waals surface area (Å²) in [5.74, 6) is 0.762. The first-order valence-electron chi connectivity index (χ1n) is 7.97. The van der Waals surface area contributed by atoms with Gasteiger partial charge in [-0.15, -0.1) is 10.2 Å². The van der Waals surface area contributed by atoms with Crippen molar-refractivity contribution in [1.29, 1.82) is 0 Å². The van der Waals surface area contributed by atoms with Gasteiger partial charge in [-0.2, -0.15) is 0 Å². The molecular formula is C18H21N3O2. The fourth-order valence-corrected chi connectivity index (χ4v) is 2.92. The molecule has 0 spiro atoms. The van der Waals surface area contributed by atoms with E-state index in [1.54, 1.807) is 13.2 Å². The van der Waals surface area contributed by atoms with Crippen LogP contribution in [-0.4, -0.2) is 23.2 Å². The lowest BCUT2D eigenvalue weighted by molar-refractivity contribution is -0.119. The molecule has 23 heavy (non-hydrogen) atoms. The van der Waals surface area contributed by atoms with Crippen molar-refractivity contribution in [3.63, 3.8) is 0 Å². The Bertz CT molecular complexity index is 692. The first kappa shape index (κ1) is 15.5. The van der Waals surface area contributed by atoms with Crippen LogP contribution in [0.5, 0.6) is 5.88 Å². The monoisotopic (exact) mass is 311 g/mol. The number of aromatic nitrogens is 2. The molecule has 0 saturated heterocycles. The molecule has 0 atom stereocenters. The molecule has 1 aliphatic carbocycles. The SMILES string of the molecule is COc1ccc(-c2ccc(C)c(NC(=O)C3CCCC3)c2)nn1. The summed E-state index contributed by atoms with van der Waals surface area (Å²) in [6.07, 6.45) is 4.29. The van der Waals surface area contributed by atoms with Crippen LogP contribution in [0.1, 0.15) is 31.2 Å². The molecule has 1 aromatic carbocycles. The van der Waals surface area contributed by atoms with Gasteiger partial charge in [0.1, 0.15) is 0 Å². The molecule has 1 amide bonds. The standard InChI is InChI=1S/C18H21N3O2/c1-12-7-8-14(15-9-10-17(23-2)21-20-15)11-16(12)19-18(22)13-5-3-4-6-13/h7-11,13H,3-6H2,1-2H3,(H,19,22). The summed E-state index contributed by atoms with van der Waals surface area (Å²) in [6, 6.07) is 9.57. The Hall–Kier alpha value is -2.43. The number of amides is 1. The van der Waals surface area contributed by atoms with Gasteiger partial charge in [-0.1, -0.05) is 25.0 Å². The number of aryl methyl sites for hydroxylation is 1. The Kier molecular flexibility index (Phi) is 4.55. The lowest BCUT2D eigenvalue weighted by atomic mass is 10.0. The molecular weight excluding hydrogens is 290 g/mol. The summed E-state index contributed by atoms with van der Waals surface area (Å²) in [5.41, 5.74) is 3.56. The van der Waals surface area contributed by atoms with Crippen molar-refractivity contribution in [3.8, 4) is 17.1 Å². The molecule has 5 nitrogen and oxygen atoms in total. The number of rotatable bonds is 4. The van der Waals surface area contributed by atoms with E-state index in [9.17, 15) is 4.79 Å². The molecule has 1 heterocycles. The zero-order chi connectivity index (χ0) is 16.2. The minimum Gasteiger partial charge on any atom is -0.480 e. The van der Waals surface area contributed by atoms with Crippen LogP contribution in [0, 0.1) is 12.8 Å². The second-order valence-electron chi connectivity index (χ2n) is 5.96. The van der Waals surface area contributed by atoms with Crippen molar-refractivity contribution >= 4 is 11.6 Å². The summed E-state index contributed by atoms with van der Waals surface area (Å²) in [5, 5.41) is 11.2. The molecule has 120 valence electrons. The lowest BCUT2D eigenvalue weighted by Gasteiger charge is -2.13. The number of hydrogen-bond donors (Lipinski definition) is 1. The molecule has 0 aliphatic heterocycles. The van der Waals surface area contributed by atoms with E-state index >= 15 is 0 Å². The molecule has 2 aromatic rings. The highest BCUT2D eigenvalue weighted by molar-refractivity contribution is 5.94. The lowest BCUT2D eigenvalue weighted by Crippen LogP contribution is -2.20. The van der Waals surface area contributed by atoms with Crippen LogP contribution < -0.4 is 10.1 Å². The summed E-state index contributed by atoms with van der Waals surface area (Å²) in [4.78, 5) is 12.3. The molecule has 1 fully saturated rings. The summed E-state index contributed by atoms with van der Waals surface area (Å²) in [6.45, 7) is 1.99. The first-order chi connectivity index (χ1) is 11.2. The van der Waals surface area contributed by atoms with Gasteiger partial charge >= 0.3 is 0 Å². The number of carbonyl (C=O) groups is 1. The third-order valence-corrected chi connectivity index (χ3v) is 4.37. The van der Waals surface area contributed by atoms with Crippen molar-refractivity contribution < 1.29 is 9.53 Å². The maximum atomic E-state index is 12.3. The van der Waals surface area contributed by atoms with Gasteiger partial charge in [0.15, 0.2) is 0 Å². The van der Waals surface area contributed by atoms with Gasteiger partial charge in [0, 0.05) is 23.2 Å². The second-order valence-corrected chi connectivity index (χ2v) is 5.96.